The monoisotopic (exact) mass is 710 g/mol. The zero-order chi connectivity index (χ0) is 36.6. The molecule has 2 heterocycles. The summed E-state index contributed by atoms with van der Waals surface area (Å²) in [5.74, 6) is 0.333. The Bertz CT molecular complexity index is 2360. The highest BCUT2D eigenvalue weighted by Gasteiger charge is 2.31. The van der Waals surface area contributed by atoms with Crippen LogP contribution in [0.2, 0.25) is 0 Å². The third kappa shape index (κ3) is 6.87. The number of carbonyl (C=O) groups is 1. The van der Waals surface area contributed by atoms with Crippen LogP contribution in [-0.2, 0) is 4.79 Å². The zero-order valence-corrected chi connectivity index (χ0v) is 30.1. The van der Waals surface area contributed by atoms with E-state index in [1.807, 2.05) is 85.0 Å². The van der Waals surface area contributed by atoms with Gasteiger partial charge in [0.2, 0.25) is 0 Å². The van der Waals surface area contributed by atoms with Crippen LogP contribution in [0.1, 0.15) is 85.7 Å². The Balaban J connectivity index is 1.07. The summed E-state index contributed by atoms with van der Waals surface area (Å²) in [7, 11) is 0. The number of allylic oxidation sites excluding steroid dienone is 6. The Labute approximate surface area is 314 Å². The first kappa shape index (κ1) is 34.0. The molecule has 266 valence electrons. The van der Waals surface area contributed by atoms with Crippen molar-refractivity contribution in [2.75, 3.05) is 0 Å². The van der Waals surface area contributed by atoms with Gasteiger partial charge in [0, 0.05) is 44.9 Å². The molecule has 9 rings (SSSR count). The number of carbonyl (C=O) groups excluding carboxylic acids is 1. The third-order valence-electron chi connectivity index (χ3n) is 11.0. The van der Waals surface area contributed by atoms with Gasteiger partial charge in [-0.05, 0) is 110 Å². The number of Topliss-reactive ketones (excluding diaryl/α,β-unsaturated/α-hetero) is 1. The fourth-order valence-corrected chi connectivity index (χ4v) is 7.92. The molecule has 0 spiro atoms. The standard InChI is InChI=1S/C49H40F2N2O/c50-37-27-23-31(24-28-37)45-39-13-3-5-17-43(39)52-47(33-19-20-33)41(45)15-7-11-35-9-1-2-10-36(49(35)54)12-8-16-42-46(32-25-29-38(51)30-26-32)40-14-4-6-18-44(40)53-48(42)34-21-22-34/h3-8,11-18,23-30,33-34H,1-2,9-10,19-22H2. The molecule has 0 bridgehead atoms. The Morgan fingerprint density at radius 2 is 0.944 bits per heavy atom. The van der Waals surface area contributed by atoms with Crippen molar-refractivity contribution in [3.05, 3.63) is 167 Å². The summed E-state index contributed by atoms with van der Waals surface area (Å²) in [6.45, 7) is 0. The number of ketones is 1. The number of fused-ring (bicyclic) bond motifs is 2. The fourth-order valence-electron chi connectivity index (χ4n) is 7.92. The summed E-state index contributed by atoms with van der Waals surface area (Å²) >= 11 is 0. The van der Waals surface area contributed by atoms with E-state index in [1.54, 1.807) is 0 Å². The molecule has 5 heteroatoms. The fraction of sp³-hybridized carbons (Fsp3) is 0.204. The van der Waals surface area contributed by atoms with E-state index in [2.05, 4.69) is 24.3 Å². The van der Waals surface area contributed by atoms with Gasteiger partial charge in [-0.15, -0.1) is 0 Å². The van der Waals surface area contributed by atoms with Gasteiger partial charge in [-0.3, -0.25) is 14.8 Å². The molecule has 0 saturated heterocycles. The van der Waals surface area contributed by atoms with Crippen molar-refractivity contribution in [1.29, 1.82) is 0 Å². The number of aromatic nitrogens is 2. The number of rotatable bonds is 8. The van der Waals surface area contributed by atoms with Gasteiger partial charge < -0.3 is 0 Å². The molecule has 3 aliphatic rings. The van der Waals surface area contributed by atoms with Crippen LogP contribution in [0.4, 0.5) is 8.78 Å². The van der Waals surface area contributed by atoms with Gasteiger partial charge in [0.05, 0.1) is 22.4 Å². The lowest BCUT2D eigenvalue weighted by molar-refractivity contribution is -0.112. The lowest BCUT2D eigenvalue weighted by atomic mass is 9.92. The van der Waals surface area contributed by atoms with Crippen LogP contribution in [0.5, 0.6) is 0 Å². The predicted octanol–water partition coefficient (Wildman–Crippen LogP) is 12.9. The molecule has 0 amide bonds. The van der Waals surface area contributed by atoms with Crippen LogP contribution >= 0.6 is 0 Å². The maximum Gasteiger partial charge on any atom is 0.184 e. The Hall–Kier alpha value is -5.81. The molecule has 6 aromatic rings. The number of hydrogen-bond donors (Lipinski definition) is 0. The van der Waals surface area contributed by atoms with Crippen LogP contribution < -0.4 is 0 Å². The van der Waals surface area contributed by atoms with Gasteiger partial charge in [0.15, 0.2) is 5.78 Å². The highest BCUT2D eigenvalue weighted by atomic mass is 19.1. The first-order valence-corrected chi connectivity index (χ1v) is 19.2. The first-order valence-electron chi connectivity index (χ1n) is 19.2. The van der Waals surface area contributed by atoms with Gasteiger partial charge in [-0.25, -0.2) is 8.78 Å². The van der Waals surface area contributed by atoms with E-state index in [4.69, 9.17) is 9.97 Å². The minimum Gasteiger partial charge on any atom is -0.289 e. The summed E-state index contributed by atoms with van der Waals surface area (Å²) in [5, 5.41) is 2.05. The Kier molecular flexibility index (Phi) is 9.16. The highest BCUT2D eigenvalue weighted by molar-refractivity contribution is 6.09. The van der Waals surface area contributed by atoms with Crippen molar-refractivity contribution < 1.29 is 13.6 Å². The second-order valence-corrected chi connectivity index (χ2v) is 14.8. The largest absolute Gasteiger partial charge is 0.289 e. The lowest BCUT2D eigenvalue weighted by Crippen LogP contribution is -2.03. The number of pyridine rings is 2. The number of para-hydroxylation sites is 2. The summed E-state index contributed by atoms with van der Waals surface area (Å²) in [5.41, 5.74) is 11.6. The molecule has 0 atom stereocenters. The van der Waals surface area contributed by atoms with Crippen LogP contribution in [0.15, 0.2) is 133 Å². The summed E-state index contributed by atoms with van der Waals surface area (Å²) < 4.78 is 28.1. The van der Waals surface area contributed by atoms with Gasteiger partial charge in [0.1, 0.15) is 11.6 Å². The van der Waals surface area contributed by atoms with Crippen molar-refractivity contribution in [3.8, 4) is 22.3 Å². The number of halogens is 2. The van der Waals surface area contributed by atoms with Gasteiger partial charge in [-0.1, -0.05) is 97.1 Å². The molecule has 0 N–H and O–H groups in total. The highest BCUT2D eigenvalue weighted by Crippen LogP contribution is 2.47. The minimum atomic E-state index is -0.266. The molecule has 3 nitrogen and oxygen atoms in total. The molecular formula is C49H40F2N2O. The average molecular weight is 711 g/mol. The van der Waals surface area contributed by atoms with Crippen LogP contribution in [-0.4, -0.2) is 15.8 Å². The molecular weight excluding hydrogens is 671 g/mol. The molecule has 0 radical (unpaired) electrons. The second-order valence-electron chi connectivity index (χ2n) is 14.8. The topological polar surface area (TPSA) is 42.9 Å². The Morgan fingerprint density at radius 3 is 1.35 bits per heavy atom. The quantitative estimate of drug-likeness (QED) is 0.117. The van der Waals surface area contributed by atoms with E-state index in [9.17, 15) is 13.6 Å². The first-order chi connectivity index (χ1) is 26.5. The number of nitrogens with zero attached hydrogens (tertiary/aromatic N) is 2. The predicted molar refractivity (Wildman–Crippen MR) is 216 cm³/mol. The van der Waals surface area contributed by atoms with E-state index >= 15 is 0 Å². The van der Waals surface area contributed by atoms with Crippen LogP contribution in [0, 0.1) is 11.6 Å². The summed E-state index contributed by atoms with van der Waals surface area (Å²) in [6.07, 6.45) is 19.9. The molecule has 2 aromatic heterocycles. The molecule has 3 saturated carbocycles. The van der Waals surface area contributed by atoms with Crippen molar-refractivity contribution in [2.24, 2.45) is 0 Å². The van der Waals surface area contributed by atoms with Crippen molar-refractivity contribution >= 4 is 39.7 Å². The maximum absolute atomic E-state index is 14.1. The second kappa shape index (κ2) is 14.5. The normalized spacial score (nSPS) is 18.1. The van der Waals surface area contributed by atoms with Crippen molar-refractivity contribution in [2.45, 2.75) is 63.2 Å². The maximum atomic E-state index is 14.1. The molecule has 0 unspecified atom stereocenters. The molecule has 3 aliphatic carbocycles. The van der Waals surface area contributed by atoms with Gasteiger partial charge in [-0.2, -0.15) is 0 Å². The molecule has 3 fully saturated rings. The van der Waals surface area contributed by atoms with Crippen molar-refractivity contribution in [1.82, 2.24) is 9.97 Å². The molecule has 54 heavy (non-hydrogen) atoms. The smallest absolute Gasteiger partial charge is 0.184 e. The van der Waals surface area contributed by atoms with E-state index in [1.165, 1.54) is 24.3 Å². The number of benzene rings is 4. The summed E-state index contributed by atoms with van der Waals surface area (Å²) in [6, 6.07) is 29.7. The lowest BCUT2D eigenvalue weighted by Gasteiger charge is -2.15. The molecule has 4 aromatic carbocycles. The average Bonchev–Trinajstić information content (AvgIpc) is 4.12. The van der Waals surface area contributed by atoms with Crippen LogP contribution in [0.25, 0.3) is 56.2 Å². The van der Waals surface area contributed by atoms with Crippen molar-refractivity contribution in [3.63, 3.8) is 0 Å². The third-order valence-corrected chi connectivity index (χ3v) is 11.0. The van der Waals surface area contributed by atoms with E-state index in [0.717, 1.165) is 129 Å². The van der Waals surface area contributed by atoms with E-state index in [0.29, 0.717) is 11.8 Å². The van der Waals surface area contributed by atoms with Crippen LogP contribution in [0.3, 0.4) is 0 Å². The van der Waals surface area contributed by atoms with E-state index < -0.39 is 0 Å². The SMILES string of the molecule is O=C1C(=CC=Cc2c(C3CC3)nc3ccccc3c2-c2ccc(F)cc2)CCCCC1=CC=Cc1c(C2CC2)nc2ccccc2c1-c1ccc(F)cc1. The summed E-state index contributed by atoms with van der Waals surface area (Å²) in [4.78, 5) is 24.3. The zero-order valence-electron chi connectivity index (χ0n) is 30.1. The molecule has 0 aliphatic heterocycles. The Morgan fingerprint density at radius 1 is 0.537 bits per heavy atom. The van der Waals surface area contributed by atoms with Gasteiger partial charge >= 0.3 is 0 Å². The minimum absolute atomic E-state index is 0.0809. The van der Waals surface area contributed by atoms with Gasteiger partial charge in [0.25, 0.3) is 0 Å². The number of hydrogen-bond acceptors (Lipinski definition) is 3. The van der Waals surface area contributed by atoms with E-state index in [-0.39, 0.29) is 17.4 Å².